The van der Waals surface area contributed by atoms with Crippen LogP contribution in [0.2, 0.25) is 0 Å². The molecule has 4 nitrogen and oxygen atoms in total. The molecule has 0 atom stereocenters. The van der Waals surface area contributed by atoms with Gasteiger partial charge in [0, 0.05) is 25.5 Å². The number of piperidine rings is 1. The summed E-state index contributed by atoms with van der Waals surface area (Å²) in [5, 5.41) is 0. The van der Waals surface area contributed by atoms with Gasteiger partial charge in [-0.3, -0.25) is 4.79 Å². The molecule has 0 aliphatic carbocycles. The molecule has 2 aromatic rings. The van der Waals surface area contributed by atoms with Gasteiger partial charge in [-0.2, -0.15) is 0 Å². The summed E-state index contributed by atoms with van der Waals surface area (Å²) in [7, 11) is 0. The molecule has 3 rings (SSSR count). The summed E-state index contributed by atoms with van der Waals surface area (Å²) in [5.74, 6) is 0.720. The fourth-order valence-corrected chi connectivity index (χ4v) is 2.88. The molecule has 1 aromatic heterocycles. The third kappa shape index (κ3) is 3.45. The lowest BCUT2D eigenvalue weighted by Crippen LogP contribution is -2.39. The normalized spacial score (nSPS) is 15.9. The number of hydrogen-bond acceptors (Lipinski definition) is 3. The van der Waals surface area contributed by atoms with Gasteiger partial charge in [-0.25, -0.2) is 9.97 Å². The summed E-state index contributed by atoms with van der Waals surface area (Å²) >= 11 is 0. The summed E-state index contributed by atoms with van der Waals surface area (Å²) in [5.41, 5.74) is 1.97. The Bertz CT molecular complexity index is 577. The third-order valence-corrected chi connectivity index (χ3v) is 4.08. The van der Waals surface area contributed by atoms with Gasteiger partial charge in [0.1, 0.15) is 6.33 Å². The highest BCUT2D eigenvalue weighted by Gasteiger charge is 2.23. The van der Waals surface area contributed by atoms with Crippen LogP contribution in [0.15, 0.2) is 49.1 Å². The van der Waals surface area contributed by atoms with Gasteiger partial charge in [0.2, 0.25) is 0 Å². The minimum Gasteiger partial charge on any atom is -0.339 e. The van der Waals surface area contributed by atoms with E-state index in [1.807, 2.05) is 11.0 Å². The predicted octanol–water partition coefficient (Wildman–Crippen LogP) is 2.57. The standard InChI is InChI=1S/C17H19N3O/c21-17(16-11-18-13-19-12-16)20-8-6-15(7-9-20)10-14-4-2-1-3-5-14/h1-5,11-13,15H,6-10H2. The van der Waals surface area contributed by atoms with Gasteiger partial charge >= 0.3 is 0 Å². The Morgan fingerprint density at radius 2 is 1.76 bits per heavy atom. The second-order valence-corrected chi connectivity index (χ2v) is 5.55. The van der Waals surface area contributed by atoms with Crippen LogP contribution in [-0.2, 0) is 6.42 Å². The van der Waals surface area contributed by atoms with E-state index in [4.69, 9.17) is 0 Å². The molecule has 21 heavy (non-hydrogen) atoms. The fourth-order valence-electron chi connectivity index (χ4n) is 2.88. The van der Waals surface area contributed by atoms with Crippen LogP contribution < -0.4 is 0 Å². The minimum absolute atomic E-state index is 0.0498. The maximum atomic E-state index is 12.3. The molecule has 1 amide bonds. The zero-order valence-electron chi connectivity index (χ0n) is 12.0. The highest BCUT2D eigenvalue weighted by molar-refractivity contribution is 5.93. The SMILES string of the molecule is O=C(c1cncnc1)N1CCC(Cc2ccccc2)CC1. The first-order chi connectivity index (χ1) is 10.3. The molecule has 0 radical (unpaired) electrons. The second kappa shape index (κ2) is 6.48. The summed E-state index contributed by atoms with van der Waals surface area (Å²) in [6.07, 6.45) is 7.86. The van der Waals surface area contributed by atoms with Gasteiger partial charge in [0.05, 0.1) is 5.56 Å². The van der Waals surface area contributed by atoms with E-state index in [1.165, 1.54) is 11.9 Å². The summed E-state index contributed by atoms with van der Waals surface area (Å²) in [6.45, 7) is 1.65. The molecule has 0 saturated carbocycles. The number of benzene rings is 1. The smallest absolute Gasteiger partial charge is 0.256 e. The Balaban J connectivity index is 1.54. The molecule has 4 heteroatoms. The molecule has 2 heterocycles. The van der Waals surface area contributed by atoms with Crippen molar-refractivity contribution in [2.45, 2.75) is 19.3 Å². The summed E-state index contributed by atoms with van der Waals surface area (Å²) < 4.78 is 0. The quantitative estimate of drug-likeness (QED) is 0.868. The van der Waals surface area contributed by atoms with E-state index < -0.39 is 0 Å². The first kappa shape index (κ1) is 13.7. The topological polar surface area (TPSA) is 46.1 Å². The van der Waals surface area contributed by atoms with Crippen molar-refractivity contribution in [3.05, 3.63) is 60.2 Å². The zero-order valence-corrected chi connectivity index (χ0v) is 12.0. The molecular formula is C17H19N3O. The molecule has 0 spiro atoms. The van der Waals surface area contributed by atoms with E-state index >= 15 is 0 Å². The summed E-state index contributed by atoms with van der Waals surface area (Å²) in [4.78, 5) is 22.1. The lowest BCUT2D eigenvalue weighted by Gasteiger charge is -2.32. The lowest BCUT2D eigenvalue weighted by atomic mass is 9.90. The Hall–Kier alpha value is -2.23. The van der Waals surface area contributed by atoms with Crippen LogP contribution in [0.1, 0.15) is 28.8 Å². The van der Waals surface area contributed by atoms with E-state index in [1.54, 1.807) is 12.4 Å². The number of rotatable bonds is 3. The highest BCUT2D eigenvalue weighted by atomic mass is 16.2. The third-order valence-electron chi connectivity index (χ3n) is 4.08. The largest absolute Gasteiger partial charge is 0.339 e. The predicted molar refractivity (Wildman–Crippen MR) is 80.8 cm³/mol. The maximum Gasteiger partial charge on any atom is 0.256 e. The van der Waals surface area contributed by atoms with Crippen LogP contribution in [-0.4, -0.2) is 33.9 Å². The van der Waals surface area contributed by atoms with Crippen molar-refractivity contribution < 1.29 is 4.79 Å². The molecule has 108 valence electrons. The fraction of sp³-hybridized carbons (Fsp3) is 0.353. The Kier molecular flexibility index (Phi) is 4.24. The number of nitrogens with zero attached hydrogens (tertiary/aromatic N) is 3. The average Bonchev–Trinajstić information content (AvgIpc) is 2.57. The van der Waals surface area contributed by atoms with Gasteiger partial charge in [-0.15, -0.1) is 0 Å². The first-order valence-corrected chi connectivity index (χ1v) is 7.41. The molecule has 1 aliphatic rings. The van der Waals surface area contributed by atoms with Crippen LogP contribution in [0.4, 0.5) is 0 Å². The molecule has 1 aliphatic heterocycles. The number of aromatic nitrogens is 2. The number of hydrogen-bond donors (Lipinski definition) is 0. The number of likely N-dealkylation sites (tertiary alicyclic amines) is 1. The van der Waals surface area contributed by atoms with Gasteiger partial charge < -0.3 is 4.90 Å². The Labute approximate surface area is 124 Å². The second-order valence-electron chi connectivity index (χ2n) is 5.55. The van der Waals surface area contributed by atoms with Crippen LogP contribution in [0.5, 0.6) is 0 Å². The van der Waals surface area contributed by atoms with Crippen molar-refractivity contribution in [3.8, 4) is 0 Å². The van der Waals surface area contributed by atoms with Crippen molar-refractivity contribution >= 4 is 5.91 Å². The van der Waals surface area contributed by atoms with E-state index in [0.29, 0.717) is 11.5 Å². The molecule has 0 bridgehead atoms. The number of carbonyl (C=O) groups is 1. The molecule has 1 fully saturated rings. The molecule has 1 saturated heterocycles. The molecule has 1 aromatic carbocycles. The van der Waals surface area contributed by atoms with Crippen LogP contribution in [0, 0.1) is 5.92 Å². The average molecular weight is 281 g/mol. The van der Waals surface area contributed by atoms with Crippen LogP contribution in [0.25, 0.3) is 0 Å². The van der Waals surface area contributed by atoms with E-state index in [-0.39, 0.29) is 5.91 Å². The van der Waals surface area contributed by atoms with Gasteiger partial charge in [0.15, 0.2) is 0 Å². The highest BCUT2D eigenvalue weighted by Crippen LogP contribution is 2.22. The van der Waals surface area contributed by atoms with Crippen LogP contribution in [0.3, 0.4) is 0 Å². The van der Waals surface area contributed by atoms with E-state index in [9.17, 15) is 4.79 Å². The number of amides is 1. The number of carbonyl (C=O) groups excluding carboxylic acids is 1. The van der Waals surface area contributed by atoms with Crippen molar-refractivity contribution in [2.24, 2.45) is 5.92 Å². The monoisotopic (exact) mass is 281 g/mol. The summed E-state index contributed by atoms with van der Waals surface area (Å²) in [6, 6.07) is 10.6. The van der Waals surface area contributed by atoms with Gasteiger partial charge in [0.25, 0.3) is 5.91 Å². The molecule has 0 N–H and O–H groups in total. The first-order valence-electron chi connectivity index (χ1n) is 7.41. The maximum absolute atomic E-state index is 12.3. The van der Waals surface area contributed by atoms with E-state index in [0.717, 1.165) is 32.4 Å². The zero-order chi connectivity index (χ0) is 14.5. The van der Waals surface area contributed by atoms with Crippen LogP contribution >= 0.6 is 0 Å². The van der Waals surface area contributed by atoms with Gasteiger partial charge in [-0.1, -0.05) is 30.3 Å². The molecule has 0 unspecified atom stereocenters. The van der Waals surface area contributed by atoms with Gasteiger partial charge in [-0.05, 0) is 30.7 Å². The lowest BCUT2D eigenvalue weighted by molar-refractivity contribution is 0.0689. The Morgan fingerprint density at radius 3 is 2.43 bits per heavy atom. The molecular weight excluding hydrogens is 262 g/mol. The van der Waals surface area contributed by atoms with Crippen molar-refractivity contribution in [3.63, 3.8) is 0 Å². The van der Waals surface area contributed by atoms with Crippen molar-refractivity contribution in [1.82, 2.24) is 14.9 Å². The Morgan fingerprint density at radius 1 is 1.10 bits per heavy atom. The van der Waals surface area contributed by atoms with Crippen molar-refractivity contribution in [2.75, 3.05) is 13.1 Å². The van der Waals surface area contributed by atoms with Crippen molar-refractivity contribution in [1.29, 1.82) is 0 Å². The minimum atomic E-state index is 0.0498. The van der Waals surface area contributed by atoms with E-state index in [2.05, 4.69) is 34.2 Å².